The number of carbonyl (C=O) groups excluding carboxylic acids is 2. The monoisotopic (exact) mass is 417 g/mol. The summed E-state index contributed by atoms with van der Waals surface area (Å²) < 4.78 is 19.6. The van der Waals surface area contributed by atoms with Crippen LogP contribution in [0, 0.1) is 0 Å². The zero-order chi connectivity index (χ0) is 18.7. The van der Waals surface area contributed by atoms with Crippen LogP contribution in [0.1, 0.15) is 25.5 Å². The maximum absolute atomic E-state index is 8.93. The van der Waals surface area contributed by atoms with E-state index in [0.29, 0.717) is 12.5 Å². The van der Waals surface area contributed by atoms with Gasteiger partial charge in [-0.3, -0.25) is 0 Å². The summed E-state index contributed by atoms with van der Waals surface area (Å²) >= 11 is 1.21. The van der Waals surface area contributed by atoms with Crippen LogP contribution in [0.3, 0.4) is 0 Å². The Balaban J connectivity index is 0. The summed E-state index contributed by atoms with van der Waals surface area (Å²) in [6.45, 7) is 6.13. The first-order valence-electron chi connectivity index (χ1n) is 7.79. The molecule has 1 aliphatic rings. The molecule has 1 aromatic heterocycles. The molecule has 0 saturated heterocycles. The molecule has 0 amide bonds. The summed E-state index contributed by atoms with van der Waals surface area (Å²) in [6.07, 6.45) is 4.18. The van der Waals surface area contributed by atoms with Crippen LogP contribution in [-0.4, -0.2) is 65.5 Å². The number of rotatable bonds is 7. The van der Waals surface area contributed by atoms with Gasteiger partial charge in [0, 0.05) is 32.7 Å². The average Bonchev–Trinajstić information content (AvgIpc) is 3.03. The minimum atomic E-state index is -2.19. The molecule has 0 N–H and O–H groups in total. The summed E-state index contributed by atoms with van der Waals surface area (Å²) in [5.74, 6) is -3.70. The Kier molecular flexibility index (Phi) is 18.2. The Morgan fingerprint density at radius 3 is 2.44 bits per heavy atom. The number of carbonyl (C=O) groups is 2. The van der Waals surface area contributed by atoms with Gasteiger partial charge < -0.3 is 34.2 Å². The van der Waals surface area contributed by atoms with Crippen molar-refractivity contribution in [2.24, 2.45) is 0 Å². The van der Waals surface area contributed by atoms with Crippen molar-refractivity contribution in [3.05, 3.63) is 11.8 Å². The first-order valence-corrected chi connectivity index (χ1v) is 8.52. The molecule has 2 rings (SSSR count). The topological polar surface area (TPSA) is 128 Å². The van der Waals surface area contributed by atoms with Gasteiger partial charge in [-0.15, -0.1) is 4.37 Å². The predicted molar refractivity (Wildman–Crippen MR) is 86.6 cm³/mol. The first-order chi connectivity index (χ1) is 12.0. The normalized spacial score (nSPS) is 13.2. The van der Waals surface area contributed by atoms with E-state index in [1.165, 1.54) is 17.3 Å². The number of aliphatic carboxylic acids is 2. The molecule has 0 unspecified atom stereocenters. The van der Waals surface area contributed by atoms with Gasteiger partial charge in [0.15, 0.2) is 0 Å². The fraction of sp³-hybridized carbons (Fsp3) is 0.600. The molecule has 0 aliphatic carbocycles. The number of carboxylic acid groups (broad SMARTS) is 2. The van der Waals surface area contributed by atoms with E-state index in [9.17, 15) is 0 Å². The third-order valence-electron chi connectivity index (χ3n) is 3.15. The van der Waals surface area contributed by atoms with Crippen LogP contribution in [0.4, 0.5) is 0 Å². The molecule has 0 radical (unpaired) electrons. The van der Waals surface area contributed by atoms with Crippen molar-refractivity contribution in [3.8, 4) is 5.88 Å². The Labute approximate surface area is 207 Å². The molecule has 27 heavy (non-hydrogen) atoms. The second kappa shape index (κ2) is 16.9. The van der Waals surface area contributed by atoms with Crippen LogP contribution in [0.5, 0.6) is 5.88 Å². The number of carboxylic acids is 2. The molecule has 1 aliphatic heterocycles. The molecule has 12 heteroatoms. The van der Waals surface area contributed by atoms with Crippen molar-refractivity contribution in [3.63, 3.8) is 0 Å². The van der Waals surface area contributed by atoms with Gasteiger partial charge in [0.05, 0.1) is 30.3 Å². The van der Waals surface area contributed by atoms with Crippen LogP contribution >= 0.6 is 11.7 Å². The number of nitrogens with zero attached hydrogens (tertiary/aromatic N) is 3. The fourth-order valence-electron chi connectivity index (χ4n) is 2.01. The fourth-order valence-corrected chi connectivity index (χ4v) is 2.54. The van der Waals surface area contributed by atoms with Crippen molar-refractivity contribution in [2.45, 2.75) is 19.8 Å². The third kappa shape index (κ3) is 12.2. The van der Waals surface area contributed by atoms with Gasteiger partial charge >= 0.3 is 59.1 Å². The molecule has 0 saturated carbocycles. The largest absolute Gasteiger partial charge is 1.00 e. The van der Waals surface area contributed by atoms with Crippen molar-refractivity contribution in [2.75, 3.05) is 40.0 Å². The summed E-state index contributed by atoms with van der Waals surface area (Å²) in [6, 6.07) is 0. The Morgan fingerprint density at radius 2 is 1.89 bits per heavy atom. The van der Waals surface area contributed by atoms with Gasteiger partial charge in [0.25, 0.3) is 5.88 Å². The molecule has 0 atom stereocenters. The number of hydrogen-bond donors (Lipinski definition) is 0. The van der Waals surface area contributed by atoms with Gasteiger partial charge in [-0.05, 0) is 26.0 Å². The Hall–Kier alpha value is -0.0400. The van der Waals surface area contributed by atoms with Gasteiger partial charge in [0.2, 0.25) is 0 Å². The minimum Gasteiger partial charge on any atom is -0.543 e. The van der Waals surface area contributed by atoms with Crippen molar-refractivity contribution < 1.29 is 88.4 Å². The van der Waals surface area contributed by atoms with Gasteiger partial charge in [-0.1, -0.05) is 6.08 Å². The summed E-state index contributed by atoms with van der Waals surface area (Å²) in [7, 11) is 2.12. The number of ether oxygens (including phenoxy) is 2. The third-order valence-corrected chi connectivity index (χ3v) is 3.66. The predicted octanol–water partition coefficient (Wildman–Crippen LogP) is -7.44. The standard InChI is InChI=1S/C13H21N3O2S.C2H2O4.2Na/c1-3-17-8-5-9-18-13-12(14-19-15-13)11-6-4-7-16(2)10-11;3-1(4)2(5)6;;/h6H,3-5,7-10H2,1-2H3;(H,3,4)(H,5,6);;/q;;2*+1/p-2. The molecule has 0 spiro atoms. The maximum Gasteiger partial charge on any atom is 1.00 e. The van der Waals surface area contributed by atoms with E-state index >= 15 is 0 Å². The van der Waals surface area contributed by atoms with Crippen LogP contribution in [0.2, 0.25) is 0 Å². The van der Waals surface area contributed by atoms with Gasteiger partial charge in [-0.2, -0.15) is 4.37 Å². The number of likely N-dealkylation sites (N-methyl/N-ethyl adjacent to an activating group) is 1. The minimum absolute atomic E-state index is 0. The van der Waals surface area contributed by atoms with E-state index in [0.717, 1.165) is 44.8 Å². The van der Waals surface area contributed by atoms with E-state index in [-0.39, 0.29) is 59.1 Å². The van der Waals surface area contributed by atoms with Crippen LogP contribution in [0.15, 0.2) is 6.08 Å². The second-order valence-electron chi connectivity index (χ2n) is 5.15. The molecular weight excluding hydrogens is 396 g/mol. The molecule has 1 aromatic rings. The van der Waals surface area contributed by atoms with Crippen LogP contribution in [-0.2, 0) is 14.3 Å². The smallest absolute Gasteiger partial charge is 0.543 e. The average molecular weight is 417 g/mol. The Morgan fingerprint density at radius 1 is 1.22 bits per heavy atom. The summed E-state index contributed by atoms with van der Waals surface area (Å²) in [5, 5.41) is 17.9. The van der Waals surface area contributed by atoms with Gasteiger partial charge in [0.1, 0.15) is 5.69 Å². The maximum atomic E-state index is 8.93. The molecule has 2 heterocycles. The van der Waals surface area contributed by atoms with Gasteiger partial charge in [-0.25, -0.2) is 0 Å². The number of aromatic nitrogens is 2. The van der Waals surface area contributed by atoms with E-state index in [2.05, 4.69) is 26.8 Å². The zero-order valence-electron chi connectivity index (χ0n) is 16.2. The quantitative estimate of drug-likeness (QED) is 0.241. The Bertz CT molecular complexity index is 588. The van der Waals surface area contributed by atoms with E-state index in [1.807, 2.05) is 6.92 Å². The van der Waals surface area contributed by atoms with E-state index in [1.54, 1.807) is 0 Å². The van der Waals surface area contributed by atoms with Crippen LogP contribution < -0.4 is 74.1 Å². The zero-order valence-corrected chi connectivity index (χ0v) is 21.0. The second-order valence-corrected chi connectivity index (χ2v) is 5.68. The SMILES string of the molecule is CCOCCCOc1nsnc1C1=CCCN(C)C1.O=C([O-])C(=O)[O-].[Na+].[Na+]. The molecular formula is C15H21N3Na2O6S. The molecule has 0 fully saturated rings. The summed E-state index contributed by atoms with van der Waals surface area (Å²) in [5.41, 5.74) is 2.13. The molecule has 0 aromatic carbocycles. The van der Waals surface area contributed by atoms with Crippen molar-refractivity contribution in [1.29, 1.82) is 0 Å². The molecule has 9 nitrogen and oxygen atoms in total. The molecule has 140 valence electrons. The van der Waals surface area contributed by atoms with Crippen molar-refractivity contribution in [1.82, 2.24) is 13.6 Å². The summed E-state index contributed by atoms with van der Waals surface area (Å²) in [4.78, 5) is 20.1. The number of hydrogen-bond acceptors (Lipinski definition) is 10. The molecule has 0 bridgehead atoms. The first kappa shape index (κ1) is 29.2. The van der Waals surface area contributed by atoms with E-state index in [4.69, 9.17) is 29.3 Å². The van der Waals surface area contributed by atoms with Crippen LogP contribution in [0.25, 0.3) is 5.57 Å². The van der Waals surface area contributed by atoms with Crippen molar-refractivity contribution >= 4 is 29.2 Å². The van der Waals surface area contributed by atoms with E-state index < -0.39 is 11.9 Å².